The van der Waals surface area contributed by atoms with Crippen molar-refractivity contribution in [3.63, 3.8) is 0 Å². The van der Waals surface area contributed by atoms with Gasteiger partial charge in [-0.2, -0.15) is 5.26 Å². The molecule has 3 aromatic heterocycles. The van der Waals surface area contributed by atoms with Crippen molar-refractivity contribution in [3.05, 3.63) is 78.0 Å². The average Bonchev–Trinajstić information content (AvgIpc) is 3.27. The smallest absolute Gasteiger partial charge is 0.177 e. The van der Waals surface area contributed by atoms with Gasteiger partial charge in [-0.15, -0.1) is 0 Å². The molecule has 6 nitrogen and oxygen atoms in total. The van der Waals surface area contributed by atoms with E-state index in [0.717, 1.165) is 46.5 Å². The monoisotopic (exact) mass is 457 g/mol. The lowest BCUT2D eigenvalue weighted by molar-refractivity contribution is -0.114. The van der Waals surface area contributed by atoms with E-state index in [4.69, 9.17) is 5.26 Å². The number of rotatable bonds is 4. The molecule has 0 amide bonds. The molecule has 0 aliphatic carbocycles. The van der Waals surface area contributed by atoms with Gasteiger partial charge in [0.1, 0.15) is 11.6 Å². The van der Waals surface area contributed by atoms with Crippen LogP contribution < -0.4 is 0 Å². The first-order chi connectivity index (χ1) is 16.5. The van der Waals surface area contributed by atoms with Crippen molar-refractivity contribution in [2.24, 2.45) is 0 Å². The van der Waals surface area contributed by atoms with E-state index in [-0.39, 0.29) is 5.78 Å². The second-order valence-electron chi connectivity index (χ2n) is 7.44. The summed E-state index contributed by atoms with van der Waals surface area (Å²) in [5.41, 5.74) is 5.57. The van der Waals surface area contributed by atoms with Gasteiger partial charge in [-0.3, -0.25) is 4.98 Å². The molecular weight excluding hydrogens is 422 g/mol. The highest BCUT2D eigenvalue weighted by Crippen LogP contribution is 2.21. The molecule has 0 saturated carbocycles. The minimum absolute atomic E-state index is 0.167. The topological polar surface area (TPSA) is 95.3 Å². The molecule has 0 unspecified atom stereocenters. The van der Waals surface area contributed by atoms with Crippen molar-refractivity contribution >= 4 is 16.9 Å². The maximum atomic E-state index is 9.44. The lowest BCUT2D eigenvalue weighted by Gasteiger charge is -2.00. The number of benzene rings is 1. The fourth-order valence-electron chi connectivity index (χ4n) is 2.83. The van der Waals surface area contributed by atoms with Gasteiger partial charge >= 0.3 is 0 Å². The van der Waals surface area contributed by atoms with Gasteiger partial charge in [-0.1, -0.05) is 46.2 Å². The van der Waals surface area contributed by atoms with Gasteiger partial charge in [-0.25, -0.2) is 9.97 Å². The number of nitriles is 1. The number of imidazole rings is 1. The number of ketones is 1. The van der Waals surface area contributed by atoms with E-state index in [0.29, 0.717) is 5.56 Å². The van der Waals surface area contributed by atoms with E-state index in [1.165, 1.54) is 20.3 Å². The second kappa shape index (κ2) is 15.9. The van der Waals surface area contributed by atoms with Crippen LogP contribution in [0.3, 0.4) is 0 Å². The summed E-state index contributed by atoms with van der Waals surface area (Å²) >= 11 is 0. The van der Waals surface area contributed by atoms with E-state index in [9.17, 15) is 4.79 Å². The van der Waals surface area contributed by atoms with Crippen molar-refractivity contribution in [1.29, 1.82) is 5.26 Å². The van der Waals surface area contributed by atoms with Crippen LogP contribution in [0, 0.1) is 11.3 Å². The van der Waals surface area contributed by atoms with Crippen molar-refractivity contribution in [1.82, 2.24) is 19.9 Å². The Balaban J connectivity index is 0.000000562. The number of nitrogens with zero attached hydrogens (tertiary/aromatic N) is 4. The Labute approximate surface area is 203 Å². The summed E-state index contributed by atoms with van der Waals surface area (Å²) in [6.07, 6.45) is 8.22. The molecule has 0 bridgehead atoms. The summed E-state index contributed by atoms with van der Waals surface area (Å²) in [7, 11) is 0. The van der Waals surface area contributed by atoms with Crippen molar-refractivity contribution in [3.8, 4) is 17.2 Å². The molecule has 0 fully saturated rings. The van der Waals surface area contributed by atoms with Gasteiger partial charge in [0.25, 0.3) is 0 Å². The number of hydrogen-bond acceptors (Lipinski definition) is 5. The third-order valence-corrected chi connectivity index (χ3v) is 4.11. The zero-order valence-corrected chi connectivity index (χ0v) is 21.1. The first-order valence-electron chi connectivity index (χ1n) is 11.7. The molecule has 0 aliphatic heterocycles. The summed E-state index contributed by atoms with van der Waals surface area (Å²) in [6.45, 7) is 11.3. The van der Waals surface area contributed by atoms with Crippen LogP contribution >= 0.6 is 0 Å². The fourth-order valence-corrected chi connectivity index (χ4v) is 2.83. The lowest BCUT2D eigenvalue weighted by atomic mass is 10.1. The Morgan fingerprint density at radius 3 is 2.26 bits per heavy atom. The highest BCUT2D eigenvalue weighted by atomic mass is 16.1. The SMILES string of the molecule is CC.CC(C)=O.CCC.N#Cc1cccc(CCc2nc3ncc(-c4ccncc4)cc3[nH]2)c1. The number of pyridine rings is 2. The molecule has 6 heteroatoms. The zero-order valence-electron chi connectivity index (χ0n) is 21.1. The molecule has 0 radical (unpaired) electrons. The average molecular weight is 458 g/mol. The predicted molar refractivity (Wildman–Crippen MR) is 139 cm³/mol. The predicted octanol–water partition coefficient (Wildman–Crippen LogP) is 6.71. The molecule has 0 aliphatic rings. The van der Waals surface area contributed by atoms with Crippen LogP contribution in [-0.4, -0.2) is 25.7 Å². The maximum absolute atomic E-state index is 9.44. The Hall–Kier alpha value is -3.85. The number of carbonyl (C=O) groups is 1. The number of hydrogen-bond donors (Lipinski definition) is 1. The number of aromatic amines is 1. The third kappa shape index (κ3) is 9.74. The van der Waals surface area contributed by atoms with Crippen LogP contribution in [0.1, 0.15) is 64.9 Å². The largest absolute Gasteiger partial charge is 0.341 e. The summed E-state index contributed by atoms with van der Waals surface area (Å²) < 4.78 is 0. The Morgan fingerprint density at radius 1 is 1.00 bits per heavy atom. The number of Topliss-reactive ketones (excluding diaryl/α,β-unsaturated/α-hetero) is 1. The van der Waals surface area contributed by atoms with E-state index >= 15 is 0 Å². The van der Waals surface area contributed by atoms with Gasteiger partial charge in [0.05, 0.1) is 17.1 Å². The standard InChI is InChI=1S/C20H15N5.C3H6O.C3H8.C2H6/c21-12-15-3-1-2-14(10-15)4-5-19-24-18-11-17(13-23-20(18)25-19)16-6-8-22-9-7-16;1-3(2)4;1-3-2;1-2/h1-3,6-11,13H,4-5H2,(H,23,24,25);1-2H3;3H2,1-2H3;1-2H3. The van der Waals surface area contributed by atoms with Gasteiger partial charge in [0.15, 0.2) is 5.65 Å². The molecule has 3 heterocycles. The summed E-state index contributed by atoms with van der Waals surface area (Å²) in [4.78, 5) is 25.9. The normalized spacial score (nSPS) is 9.32. The Morgan fingerprint density at radius 2 is 1.65 bits per heavy atom. The van der Waals surface area contributed by atoms with E-state index < -0.39 is 0 Å². The Bertz CT molecular complexity index is 1170. The number of carbonyl (C=O) groups excluding carboxylic acids is 1. The minimum atomic E-state index is 0.167. The molecule has 0 saturated heterocycles. The number of aromatic nitrogens is 4. The molecule has 1 aromatic carbocycles. The highest BCUT2D eigenvalue weighted by molar-refractivity contribution is 5.77. The molecule has 178 valence electrons. The Kier molecular flexibility index (Phi) is 13.2. The van der Waals surface area contributed by atoms with Gasteiger partial charge in [0.2, 0.25) is 0 Å². The van der Waals surface area contributed by atoms with Crippen LogP contribution in [0.15, 0.2) is 61.1 Å². The van der Waals surface area contributed by atoms with Crippen LogP contribution in [0.5, 0.6) is 0 Å². The van der Waals surface area contributed by atoms with Crippen LogP contribution in [0.4, 0.5) is 0 Å². The summed E-state index contributed by atoms with van der Waals surface area (Å²) in [5.74, 6) is 1.07. The van der Waals surface area contributed by atoms with E-state index in [1.807, 2.05) is 56.4 Å². The van der Waals surface area contributed by atoms with E-state index in [1.54, 1.807) is 12.4 Å². The molecular formula is C28H35N5O. The lowest BCUT2D eigenvalue weighted by Crippen LogP contribution is -1.93. The van der Waals surface area contributed by atoms with Crippen LogP contribution in [0.25, 0.3) is 22.3 Å². The molecule has 0 atom stereocenters. The van der Waals surface area contributed by atoms with Gasteiger partial charge < -0.3 is 9.78 Å². The van der Waals surface area contributed by atoms with Crippen molar-refractivity contribution < 1.29 is 4.79 Å². The van der Waals surface area contributed by atoms with E-state index in [2.05, 4.69) is 45.9 Å². The fraction of sp³-hybridized carbons (Fsp3) is 0.321. The summed E-state index contributed by atoms with van der Waals surface area (Å²) in [6, 6.07) is 15.8. The molecule has 34 heavy (non-hydrogen) atoms. The highest BCUT2D eigenvalue weighted by Gasteiger charge is 2.07. The number of aryl methyl sites for hydroxylation is 2. The molecule has 0 spiro atoms. The molecule has 4 rings (SSSR count). The first-order valence-corrected chi connectivity index (χ1v) is 11.7. The van der Waals surface area contributed by atoms with Gasteiger partial charge in [0, 0.05) is 30.6 Å². The van der Waals surface area contributed by atoms with Crippen LogP contribution in [-0.2, 0) is 17.6 Å². The number of H-pyrrole nitrogens is 1. The van der Waals surface area contributed by atoms with Crippen LogP contribution in [0.2, 0.25) is 0 Å². The third-order valence-electron chi connectivity index (χ3n) is 4.11. The number of nitrogens with one attached hydrogen (secondary N) is 1. The van der Waals surface area contributed by atoms with Crippen molar-refractivity contribution in [2.75, 3.05) is 0 Å². The quantitative estimate of drug-likeness (QED) is 0.367. The molecule has 1 N–H and O–H groups in total. The maximum Gasteiger partial charge on any atom is 0.177 e. The first kappa shape index (κ1) is 28.2. The minimum Gasteiger partial charge on any atom is -0.341 e. The second-order valence-corrected chi connectivity index (χ2v) is 7.44. The van der Waals surface area contributed by atoms with Crippen molar-refractivity contribution in [2.45, 2.75) is 60.8 Å². The molecule has 4 aromatic rings. The number of fused-ring (bicyclic) bond motifs is 1. The zero-order chi connectivity index (χ0) is 25.3. The summed E-state index contributed by atoms with van der Waals surface area (Å²) in [5, 5.41) is 8.98. The van der Waals surface area contributed by atoms with Gasteiger partial charge in [-0.05, 0) is 61.7 Å².